The molecule has 1 N–H and O–H groups in total. The topological polar surface area (TPSA) is 29.5 Å². The molecule has 0 amide bonds. The Morgan fingerprint density at radius 1 is 0.828 bits per heavy atom. The molecule has 0 aliphatic rings. The molecule has 2 nitrogen and oxygen atoms in total. The Kier molecular flexibility index (Phi) is 6.98. The summed E-state index contributed by atoms with van der Waals surface area (Å²) >= 11 is 0. The fraction of sp³-hybridized carbons (Fsp3) is 0.333. The molecular formula is C27H32O2. The summed E-state index contributed by atoms with van der Waals surface area (Å²) in [5.41, 5.74) is 3.24. The molecule has 3 rings (SSSR count). The van der Waals surface area contributed by atoms with Crippen molar-refractivity contribution in [2.24, 2.45) is 5.92 Å². The van der Waals surface area contributed by atoms with Crippen LogP contribution in [0.1, 0.15) is 56.7 Å². The van der Waals surface area contributed by atoms with Gasteiger partial charge in [-0.15, -0.1) is 0 Å². The number of phenolic OH excluding ortho intramolecular Hbond substituents is 1. The predicted octanol–water partition coefficient (Wildman–Crippen LogP) is 6.95. The molecule has 0 heterocycles. The summed E-state index contributed by atoms with van der Waals surface area (Å²) in [5.74, 6) is 1.96. The van der Waals surface area contributed by atoms with Crippen LogP contribution in [0.5, 0.6) is 11.5 Å². The van der Waals surface area contributed by atoms with Crippen LogP contribution in [0.25, 0.3) is 0 Å². The number of aromatic hydroxyl groups is 1. The molecule has 2 unspecified atom stereocenters. The van der Waals surface area contributed by atoms with Gasteiger partial charge in [0.25, 0.3) is 0 Å². The Hall–Kier alpha value is -2.74. The number of hydrogen-bond acceptors (Lipinski definition) is 2. The minimum absolute atomic E-state index is 0.283. The van der Waals surface area contributed by atoms with Crippen molar-refractivity contribution in [2.75, 3.05) is 6.61 Å². The summed E-state index contributed by atoms with van der Waals surface area (Å²) < 4.78 is 5.96. The maximum Gasteiger partial charge on any atom is 0.119 e. The smallest absolute Gasteiger partial charge is 0.119 e. The third-order valence-electron chi connectivity index (χ3n) is 6.03. The summed E-state index contributed by atoms with van der Waals surface area (Å²) in [6.07, 6.45) is 3.53. The van der Waals surface area contributed by atoms with Gasteiger partial charge in [0.2, 0.25) is 0 Å². The lowest BCUT2D eigenvalue weighted by molar-refractivity contribution is 0.294. The van der Waals surface area contributed by atoms with Crippen molar-refractivity contribution >= 4 is 0 Å². The van der Waals surface area contributed by atoms with Gasteiger partial charge in [-0.25, -0.2) is 0 Å². The Morgan fingerprint density at radius 3 is 1.97 bits per heavy atom. The fourth-order valence-corrected chi connectivity index (χ4v) is 3.78. The minimum Gasteiger partial charge on any atom is -0.508 e. The first-order chi connectivity index (χ1) is 14.0. The van der Waals surface area contributed by atoms with E-state index in [2.05, 4.69) is 69.3 Å². The van der Waals surface area contributed by atoms with Gasteiger partial charge in [-0.2, -0.15) is 0 Å². The van der Waals surface area contributed by atoms with Crippen LogP contribution in [0.2, 0.25) is 0 Å². The van der Waals surface area contributed by atoms with Crippen LogP contribution in [0.4, 0.5) is 0 Å². The quantitative estimate of drug-likeness (QED) is 0.317. The Balaban J connectivity index is 1.83. The number of ether oxygens (including phenoxy) is 1. The lowest BCUT2D eigenvalue weighted by Gasteiger charge is -2.32. The normalized spacial score (nSPS) is 14.2. The third kappa shape index (κ3) is 5.00. The maximum atomic E-state index is 9.74. The van der Waals surface area contributed by atoms with Gasteiger partial charge < -0.3 is 9.84 Å². The summed E-state index contributed by atoms with van der Waals surface area (Å²) in [6, 6.07) is 26.5. The molecule has 2 heteroatoms. The molecule has 0 bridgehead atoms. The second-order valence-corrected chi connectivity index (χ2v) is 8.07. The van der Waals surface area contributed by atoms with Crippen LogP contribution >= 0.6 is 0 Å². The first-order valence-corrected chi connectivity index (χ1v) is 10.6. The van der Waals surface area contributed by atoms with Crippen molar-refractivity contribution in [2.45, 2.75) is 45.4 Å². The molecule has 152 valence electrons. The zero-order valence-corrected chi connectivity index (χ0v) is 17.8. The molecule has 0 aromatic heterocycles. The first kappa shape index (κ1) is 21.0. The highest BCUT2D eigenvalue weighted by Crippen LogP contribution is 2.39. The molecule has 0 radical (unpaired) electrons. The van der Waals surface area contributed by atoms with Crippen LogP contribution in [-0.2, 0) is 5.41 Å². The van der Waals surface area contributed by atoms with E-state index in [4.69, 9.17) is 4.74 Å². The van der Waals surface area contributed by atoms with E-state index in [1.807, 2.05) is 18.2 Å². The van der Waals surface area contributed by atoms with Gasteiger partial charge in [0, 0.05) is 5.41 Å². The van der Waals surface area contributed by atoms with Crippen molar-refractivity contribution in [1.29, 1.82) is 0 Å². The molecule has 0 aliphatic carbocycles. The van der Waals surface area contributed by atoms with Crippen molar-refractivity contribution in [1.82, 2.24) is 0 Å². The molecule has 3 aromatic carbocycles. The van der Waals surface area contributed by atoms with Crippen molar-refractivity contribution < 1.29 is 9.84 Å². The van der Waals surface area contributed by atoms with Gasteiger partial charge >= 0.3 is 0 Å². The molecule has 0 saturated heterocycles. The molecule has 0 fully saturated rings. The van der Waals surface area contributed by atoms with Crippen LogP contribution in [-0.4, -0.2) is 11.7 Å². The van der Waals surface area contributed by atoms with Gasteiger partial charge in [-0.1, -0.05) is 74.9 Å². The highest BCUT2D eigenvalue weighted by atomic mass is 16.5. The van der Waals surface area contributed by atoms with Gasteiger partial charge in [0.05, 0.1) is 6.61 Å². The summed E-state index contributed by atoms with van der Waals surface area (Å²) in [4.78, 5) is 0. The van der Waals surface area contributed by atoms with Crippen LogP contribution in [0.3, 0.4) is 0 Å². The monoisotopic (exact) mass is 388 g/mol. The van der Waals surface area contributed by atoms with E-state index in [0.717, 1.165) is 30.3 Å². The zero-order chi connectivity index (χ0) is 20.7. The fourth-order valence-electron chi connectivity index (χ4n) is 3.78. The van der Waals surface area contributed by atoms with Crippen LogP contribution in [0.15, 0.2) is 78.9 Å². The summed E-state index contributed by atoms with van der Waals surface area (Å²) in [6.45, 7) is 7.53. The van der Waals surface area contributed by atoms with E-state index in [9.17, 15) is 5.11 Å². The minimum atomic E-state index is -0.315. The Labute approximate surface area is 175 Å². The second-order valence-electron chi connectivity index (χ2n) is 8.07. The predicted molar refractivity (Wildman–Crippen MR) is 121 cm³/mol. The van der Waals surface area contributed by atoms with Gasteiger partial charge in [0.15, 0.2) is 0 Å². The second kappa shape index (κ2) is 9.65. The third-order valence-corrected chi connectivity index (χ3v) is 6.03. The molecule has 0 saturated carbocycles. The first-order valence-electron chi connectivity index (χ1n) is 10.6. The van der Waals surface area contributed by atoms with E-state index in [1.54, 1.807) is 12.1 Å². The highest BCUT2D eigenvalue weighted by Gasteiger charge is 2.31. The number of benzene rings is 3. The van der Waals surface area contributed by atoms with Crippen molar-refractivity contribution in [3.05, 3.63) is 95.6 Å². The van der Waals surface area contributed by atoms with Crippen LogP contribution < -0.4 is 4.74 Å². The molecule has 2 atom stereocenters. The van der Waals surface area contributed by atoms with E-state index >= 15 is 0 Å². The van der Waals surface area contributed by atoms with E-state index in [-0.39, 0.29) is 11.2 Å². The maximum absolute atomic E-state index is 9.74. The lowest BCUT2D eigenvalue weighted by atomic mass is 9.71. The largest absolute Gasteiger partial charge is 0.508 e. The summed E-state index contributed by atoms with van der Waals surface area (Å²) in [7, 11) is 0. The molecule has 3 aromatic rings. The van der Waals surface area contributed by atoms with Crippen LogP contribution in [0, 0.1) is 5.92 Å². The molecule has 29 heavy (non-hydrogen) atoms. The van der Waals surface area contributed by atoms with E-state index in [0.29, 0.717) is 0 Å². The number of rotatable bonds is 9. The average Bonchev–Trinajstić information content (AvgIpc) is 2.77. The highest BCUT2D eigenvalue weighted by molar-refractivity contribution is 5.51. The number of hydrogen-bond donors (Lipinski definition) is 1. The standard InChI is InChI=1S/C27H32O2/c1-4-21(2)9-8-20-29-26-18-14-24(15-19-26)27(3,22-10-6-5-7-11-22)23-12-16-25(28)17-13-23/h5-7,10-19,21,28H,4,8-9,20H2,1-3H3. The SMILES string of the molecule is CCC(C)CCCOc1ccc(C(C)(c2ccccc2)c2ccc(O)cc2)cc1. The molecule has 0 aliphatic heterocycles. The van der Waals surface area contributed by atoms with Gasteiger partial charge in [-0.05, 0) is 66.6 Å². The molecule has 0 spiro atoms. The average molecular weight is 389 g/mol. The van der Waals surface area contributed by atoms with Crippen molar-refractivity contribution in [3.63, 3.8) is 0 Å². The lowest BCUT2D eigenvalue weighted by Crippen LogP contribution is -2.25. The van der Waals surface area contributed by atoms with Crippen molar-refractivity contribution in [3.8, 4) is 11.5 Å². The Morgan fingerprint density at radius 2 is 1.38 bits per heavy atom. The summed E-state index contributed by atoms with van der Waals surface area (Å²) in [5, 5.41) is 9.74. The molecular weight excluding hydrogens is 356 g/mol. The van der Waals surface area contributed by atoms with Gasteiger partial charge in [-0.3, -0.25) is 0 Å². The van der Waals surface area contributed by atoms with Gasteiger partial charge in [0.1, 0.15) is 11.5 Å². The van der Waals surface area contributed by atoms with E-state index in [1.165, 1.54) is 24.0 Å². The number of phenols is 1. The van der Waals surface area contributed by atoms with E-state index < -0.39 is 0 Å². The Bertz CT molecular complexity index is 869. The zero-order valence-electron chi connectivity index (χ0n) is 17.8.